The Bertz CT molecular complexity index is 1050. The van der Waals surface area contributed by atoms with E-state index in [2.05, 4.69) is 5.32 Å². The summed E-state index contributed by atoms with van der Waals surface area (Å²) < 4.78 is 5.16. The lowest BCUT2D eigenvalue weighted by Crippen LogP contribution is -2.42. The monoisotopic (exact) mass is 409 g/mol. The van der Waals surface area contributed by atoms with Gasteiger partial charge >= 0.3 is 0 Å². The van der Waals surface area contributed by atoms with Crippen LogP contribution in [0.4, 0.5) is 5.69 Å². The first-order valence-corrected chi connectivity index (χ1v) is 9.47. The minimum atomic E-state index is -0.707. The van der Waals surface area contributed by atoms with Crippen molar-refractivity contribution in [2.24, 2.45) is 5.92 Å². The number of amides is 3. The van der Waals surface area contributed by atoms with Gasteiger partial charge in [0.1, 0.15) is 12.3 Å². The van der Waals surface area contributed by atoms with Crippen molar-refractivity contribution >= 4 is 23.4 Å². The zero-order chi connectivity index (χ0) is 21.4. The summed E-state index contributed by atoms with van der Waals surface area (Å²) in [6.45, 7) is -0.445. The second kappa shape index (κ2) is 7.58. The third-order valence-corrected chi connectivity index (χ3v) is 5.35. The number of nitro benzene ring substituents is 1. The van der Waals surface area contributed by atoms with Crippen LogP contribution in [0.1, 0.15) is 45.2 Å². The number of ether oxygens (including phenoxy) is 1. The van der Waals surface area contributed by atoms with E-state index in [1.54, 1.807) is 7.11 Å². The number of hydrogen-bond acceptors (Lipinski definition) is 6. The van der Waals surface area contributed by atoms with Crippen molar-refractivity contribution in [2.45, 2.75) is 18.9 Å². The van der Waals surface area contributed by atoms with E-state index in [1.807, 2.05) is 24.3 Å². The number of non-ortho nitro benzene ring substituents is 1. The Morgan fingerprint density at radius 3 is 2.43 bits per heavy atom. The van der Waals surface area contributed by atoms with Crippen LogP contribution in [0.3, 0.4) is 0 Å². The molecule has 1 aliphatic heterocycles. The number of rotatable bonds is 7. The summed E-state index contributed by atoms with van der Waals surface area (Å²) in [5.41, 5.74) is 0.641. The summed E-state index contributed by atoms with van der Waals surface area (Å²) in [7, 11) is 1.58. The van der Waals surface area contributed by atoms with Gasteiger partial charge in [-0.3, -0.25) is 29.4 Å². The molecule has 0 bridgehead atoms. The summed E-state index contributed by atoms with van der Waals surface area (Å²) in [6.07, 6.45) is 1.96. The minimum absolute atomic E-state index is 0.0594. The molecule has 1 aliphatic carbocycles. The van der Waals surface area contributed by atoms with Crippen LogP contribution in [0.2, 0.25) is 0 Å². The molecule has 9 nitrogen and oxygen atoms in total. The highest BCUT2D eigenvalue weighted by Crippen LogP contribution is 2.41. The Morgan fingerprint density at radius 1 is 1.17 bits per heavy atom. The normalized spacial score (nSPS) is 16.2. The fraction of sp³-hybridized carbons (Fsp3) is 0.286. The molecule has 0 aromatic heterocycles. The maximum absolute atomic E-state index is 12.7. The molecule has 2 aromatic carbocycles. The largest absolute Gasteiger partial charge is 0.497 e. The number of nitro groups is 1. The predicted octanol–water partition coefficient (Wildman–Crippen LogP) is 2.47. The highest BCUT2D eigenvalue weighted by atomic mass is 16.6. The molecule has 0 saturated heterocycles. The summed E-state index contributed by atoms with van der Waals surface area (Å²) in [6, 6.07) is 10.6. The first kappa shape index (κ1) is 19.6. The Morgan fingerprint density at radius 2 is 1.83 bits per heavy atom. The van der Waals surface area contributed by atoms with Gasteiger partial charge in [-0.2, -0.15) is 0 Å². The van der Waals surface area contributed by atoms with E-state index in [9.17, 15) is 24.5 Å². The molecule has 1 fully saturated rings. The van der Waals surface area contributed by atoms with Gasteiger partial charge in [0.25, 0.3) is 17.5 Å². The number of nitrogens with one attached hydrogen (secondary N) is 1. The lowest BCUT2D eigenvalue weighted by Gasteiger charge is -2.21. The zero-order valence-corrected chi connectivity index (χ0v) is 16.2. The molecule has 0 radical (unpaired) electrons. The SMILES string of the molecule is COc1ccc(C(NC(=O)CN2C(=O)c3ccc([N+](=O)[O-])cc3C2=O)C2CC2)cc1. The predicted molar refractivity (Wildman–Crippen MR) is 105 cm³/mol. The summed E-state index contributed by atoms with van der Waals surface area (Å²) in [5.74, 6) is -0.799. The van der Waals surface area contributed by atoms with Gasteiger partial charge in [-0.05, 0) is 42.5 Å². The first-order chi connectivity index (χ1) is 14.4. The van der Waals surface area contributed by atoms with Crippen LogP contribution in [0.15, 0.2) is 42.5 Å². The van der Waals surface area contributed by atoms with Gasteiger partial charge in [-0.15, -0.1) is 0 Å². The van der Waals surface area contributed by atoms with E-state index in [4.69, 9.17) is 4.74 Å². The van der Waals surface area contributed by atoms with Gasteiger partial charge in [-0.25, -0.2) is 0 Å². The van der Waals surface area contributed by atoms with Gasteiger partial charge in [-0.1, -0.05) is 12.1 Å². The number of carbonyl (C=O) groups is 3. The molecule has 3 amide bonds. The molecule has 1 heterocycles. The van der Waals surface area contributed by atoms with E-state index in [1.165, 1.54) is 12.1 Å². The van der Waals surface area contributed by atoms with Crippen molar-refractivity contribution in [2.75, 3.05) is 13.7 Å². The molecule has 2 aromatic rings. The number of nitrogens with zero attached hydrogens (tertiary/aromatic N) is 2. The van der Waals surface area contributed by atoms with Crippen LogP contribution in [0.25, 0.3) is 0 Å². The van der Waals surface area contributed by atoms with Crippen molar-refractivity contribution < 1.29 is 24.0 Å². The fourth-order valence-corrected chi connectivity index (χ4v) is 3.61. The Balaban J connectivity index is 1.48. The maximum atomic E-state index is 12.7. The minimum Gasteiger partial charge on any atom is -0.497 e. The molecule has 154 valence electrons. The van der Waals surface area contributed by atoms with Crippen LogP contribution >= 0.6 is 0 Å². The van der Waals surface area contributed by atoms with E-state index in [0.29, 0.717) is 11.7 Å². The standard InChI is InChI=1S/C21H19N3O6/c1-30-15-7-4-13(5-8-15)19(12-2-3-12)22-18(25)11-23-20(26)16-9-6-14(24(28)29)10-17(16)21(23)27/h4-10,12,19H,2-3,11H2,1H3,(H,22,25). The third-order valence-electron chi connectivity index (χ3n) is 5.35. The van der Waals surface area contributed by atoms with Gasteiger partial charge in [0.2, 0.25) is 5.91 Å². The molecule has 9 heteroatoms. The van der Waals surface area contributed by atoms with Crippen molar-refractivity contribution in [3.8, 4) is 5.75 Å². The molecule has 2 aliphatic rings. The van der Waals surface area contributed by atoms with Crippen LogP contribution in [0, 0.1) is 16.0 Å². The van der Waals surface area contributed by atoms with Crippen molar-refractivity contribution in [1.82, 2.24) is 10.2 Å². The molecule has 1 N–H and O–H groups in total. The smallest absolute Gasteiger partial charge is 0.270 e. The van der Waals surface area contributed by atoms with Crippen LogP contribution in [-0.2, 0) is 4.79 Å². The van der Waals surface area contributed by atoms with Crippen molar-refractivity contribution in [1.29, 1.82) is 0 Å². The topological polar surface area (TPSA) is 119 Å². The summed E-state index contributed by atoms with van der Waals surface area (Å²) in [4.78, 5) is 48.9. The maximum Gasteiger partial charge on any atom is 0.270 e. The number of fused-ring (bicyclic) bond motifs is 1. The second-order valence-corrected chi connectivity index (χ2v) is 7.34. The molecular weight excluding hydrogens is 390 g/mol. The Kier molecular flexibility index (Phi) is 4.94. The van der Waals surface area contributed by atoms with E-state index < -0.39 is 29.2 Å². The van der Waals surface area contributed by atoms with Crippen LogP contribution in [0.5, 0.6) is 5.75 Å². The van der Waals surface area contributed by atoms with Gasteiger partial charge < -0.3 is 10.1 Å². The highest BCUT2D eigenvalue weighted by molar-refractivity contribution is 6.22. The van der Waals surface area contributed by atoms with E-state index >= 15 is 0 Å². The van der Waals surface area contributed by atoms with Gasteiger partial charge in [0.05, 0.1) is 29.2 Å². The quantitative estimate of drug-likeness (QED) is 0.426. The lowest BCUT2D eigenvalue weighted by atomic mass is 10.0. The number of imide groups is 1. The van der Waals surface area contributed by atoms with E-state index in [0.717, 1.165) is 29.4 Å². The van der Waals surface area contributed by atoms with Crippen LogP contribution < -0.4 is 10.1 Å². The van der Waals surface area contributed by atoms with E-state index in [-0.39, 0.29) is 22.9 Å². The average molecular weight is 409 g/mol. The molecule has 4 rings (SSSR count). The molecule has 1 unspecified atom stereocenters. The molecule has 30 heavy (non-hydrogen) atoms. The van der Waals surface area contributed by atoms with Gasteiger partial charge in [0, 0.05) is 12.1 Å². The second-order valence-electron chi connectivity index (χ2n) is 7.34. The van der Waals surface area contributed by atoms with Crippen molar-refractivity contribution in [3.63, 3.8) is 0 Å². The zero-order valence-electron chi connectivity index (χ0n) is 16.2. The molecule has 1 saturated carbocycles. The third kappa shape index (κ3) is 3.61. The highest BCUT2D eigenvalue weighted by Gasteiger charge is 2.39. The van der Waals surface area contributed by atoms with Gasteiger partial charge in [0.15, 0.2) is 0 Å². The summed E-state index contributed by atoms with van der Waals surface area (Å²) in [5, 5.41) is 13.9. The Labute approximate surface area is 171 Å². The summed E-state index contributed by atoms with van der Waals surface area (Å²) >= 11 is 0. The number of carbonyl (C=O) groups excluding carboxylic acids is 3. The molecule has 0 spiro atoms. The van der Waals surface area contributed by atoms with Crippen LogP contribution in [-0.4, -0.2) is 41.2 Å². The molecule has 1 atom stereocenters. The van der Waals surface area contributed by atoms with Crippen molar-refractivity contribution in [3.05, 3.63) is 69.3 Å². The fourth-order valence-electron chi connectivity index (χ4n) is 3.61. The number of hydrogen-bond donors (Lipinski definition) is 1. The number of benzene rings is 2. The first-order valence-electron chi connectivity index (χ1n) is 9.47. The average Bonchev–Trinajstić information content (AvgIpc) is 3.56. The Hall–Kier alpha value is -3.75. The lowest BCUT2D eigenvalue weighted by molar-refractivity contribution is -0.384. The number of methoxy groups -OCH3 is 1. The molecular formula is C21H19N3O6.